The number of hydrogen-bond acceptors (Lipinski definition) is 2. The summed E-state index contributed by atoms with van der Waals surface area (Å²) in [4.78, 5) is 12.2. The monoisotopic (exact) mass is 274 g/mol. The smallest absolute Gasteiger partial charge is 0.167 e. The second kappa shape index (κ2) is 5.89. The lowest BCUT2D eigenvalue weighted by Crippen LogP contribution is -2.04. The van der Waals surface area contributed by atoms with Crippen molar-refractivity contribution in [1.29, 1.82) is 0 Å². The average molecular weight is 275 g/mol. The number of carbonyl (C=O) groups is 1. The van der Waals surface area contributed by atoms with E-state index in [4.69, 9.17) is 16.3 Å². The Hall–Kier alpha value is -1.80. The highest BCUT2D eigenvalue weighted by atomic mass is 35.5. The fraction of sp³-hybridized carbons (Fsp3) is 0.188. The molecule has 0 aliphatic carbocycles. The summed E-state index contributed by atoms with van der Waals surface area (Å²) in [6.07, 6.45) is 0.359. The maximum Gasteiger partial charge on any atom is 0.167 e. The lowest BCUT2D eigenvalue weighted by Gasteiger charge is -2.05. The third-order valence-electron chi connectivity index (χ3n) is 2.98. The van der Waals surface area contributed by atoms with Crippen molar-refractivity contribution in [3.8, 4) is 5.75 Å². The minimum atomic E-state index is 0.0769. The summed E-state index contributed by atoms with van der Waals surface area (Å²) < 4.78 is 5.15. The van der Waals surface area contributed by atoms with Gasteiger partial charge in [-0.05, 0) is 48.4 Å². The fourth-order valence-corrected chi connectivity index (χ4v) is 2.01. The molecule has 0 amide bonds. The van der Waals surface area contributed by atoms with E-state index in [1.54, 1.807) is 19.2 Å². The third-order valence-corrected chi connectivity index (χ3v) is 3.40. The number of Topliss-reactive ketones (excluding diaryl/α,β-unsaturated/α-hetero) is 1. The number of ketones is 1. The van der Waals surface area contributed by atoms with Crippen LogP contribution in [0.4, 0.5) is 0 Å². The largest absolute Gasteiger partial charge is 0.497 e. The van der Waals surface area contributed by atoms with E-state index in [1.165, 1.54) is 0 Å². The molecular formula is C16H15ClO2. The van der Waals surface area contributed by atoms with Gasteiger partial charge in [0, 0.05) is 17.0 Å². The van der Waals surface area contributed by atoms with E-state index in [0.717, 1.165) is 16.9 Å². The highest BCUT2D eigenvalue weighted by molar-refractivity contribution is 6.31. The molecule has 2 aromatic carbocycles. The summed E-state index contributed by atoms with van der Waals surface area (Å²) in [6.45, 7) is 1.89. The molecule has 0 saturated heterocycles. The molecule has 0 bridgehead atoms. The molecule has 3 heteroatoms. The highest BCUT2D eigenvalue weighted by Gasteiger charge is 2.09. The van der Waals surface area contributed by atoms with Crippen LogP contribution in [0.15, 0.2) is 42.5 Å². The van der Waals surface area contributed by atoms with Gasteiger partial charge < -0.3 is 4.74 Å². The zero-order valence-corrected chi connectivity index (χ0v) is 11.7. The summed E-state index contributed by atoms with van der Waals surface area (Å²) in [5.74, 6) is 0.839. The summed E-state index contributed by atoms with van der Waals surface area (Å²) in [5, 5.41) is 0.679. The molecule has 2 rings (SSSR count). The number of ether oxygens (including phenoxy) is 1. The second-order valence-corrected chi connectivity index (χ2v) is 4.82. The zero-order chi connectivity index (χ0) is 13.8. The van der Waals surface area contributed by atoms with Gasteiger partial charge in [-0.25, -0.2) is 0 Å². The van der Waals surface area contributed by atoms with Crippen molar-refractivity contribution in [2.45, 2.75) is 13.3 Å². The first-order valence-corrected chi connectivity index (χ1v) is 6.40. The van der Waals surface area contributed by atoms with Crippen LogP contribution < -0.4 is 4.74 Å². The van der Waals surface area contributed by atoms with E-state index in [-0.39, 0.29) is 5.78 Å². The number of aryl methyl sites for hydroxylation is 1. The van der Waals surface area contributed by atoms with Gasteiger partial charge in [-0.1, -0.05) is 23.7 Å². The molecule has 0 unspecified atom stereocenters. The van der Waals surface area contributed by atoms with Gasteiger partial charge in [0.1, 0.15) is 5.75 Å². The molecule has 0 heterocycles. The molecule has 0 saturated carbocycles. The summed E-state index contributed by atoms with van der Waals surface area (Å²) >= 11 is 5.96. The molecule has 0 fully saturated rings. The van der Waals surface area contributed by atoms with Gasteiger partial charge in [0.15, 0.2) is 5.78 Å². The lowest BCUT2D eigenvalue weighted by molar-refractivity contribution is 0.0993. The van der Waals surface area contributed by atoms with E-state index in [9.17, 15) is 4.79 Å². The number of benzene rings is 2. The van der Waals surface area contributed by atoms with E-state index < -0.39 is 0 Å². The normalized spacial score (nSPS) is 10.3. The maximum absolute atomic E-state index is 12.2. The molecule has 98 valence electrons. The van der Waals surface area contributed by atoms with Crippen LogP contribution in [0.5, 0.6) is 5.75 Å². The van der Waals surface area contributed by atoms with Crippen molar-refractivity contribution in [2.75, 3.05) is 7.11 Å². The minimum Gasteiger partial charge on any atom is -0.497 e. The average Bonchev–Trinajstić information content (AvgIpc) is 2.42. The van der Waals surface area contributed by atoms with Crippen LogP contribution in [0, 0.1) is 6.92 Å². The van der Waals surface area contributed by atoms with E-state index >= 15 is 0 Å². The molecule has 0 radical (unpaired) electrons. The molecule has 2 nitrogen and oxygen atoms in total. The molecule has 0 aliphatic rings. The van der Waals surface area contributed by atoms with E-state index in [2.05, 4.69) is 0 Å². The minimum absolute atomic E-state index is 0.0769. The van der Waals surface area contributed by atoms with Crippen LogP contribution in [0.2, 0.25) is 5.02 Å². The zero-order valence-electron chi connectivity index (χ0n) is 10.9. The van der Waals surface area contributed by atoms with Crippen molar-refractivity contribution < 1.29 is 9.53 Å². The molecule has 19 heavy (non-hydrogen) atoms. The Morgan fingerprint density at radius 3 is 2.68 bits per heavy atom. The molecule has 0 aliphatic heterocycles. The number of carbonyl (C=O) groups excluding carboxylic acids is 1. The number of methoxy groups -OCH3 is 1. The standard InChI is InChI=1S/C16H15ClO2/c1-11-8-13(6-7-15(11)17)16(18)10-12-4-3-5-14(9-12)19-2/h3-9H,10H2,1-2H3. The Morgan fingerprint density at radius 2 is 2.00 bits per heavy atom. The van der Waals surface area contributed by atoms with Crippen molar-refractivity contribution in [3.63, 3.8) is 0 Å². The van der Waals surface area contributed by atoms with Gasteiger partial charge in [-0.15, -0.1) is 0 Å². The van der Waals surface area contributed by atoms with E-state index in [0.29, 0.717) is 17.0 Å². The van der Waals surface area contributed by atoms with Gasteiger partial charge in [-0.3, -0.25) is 4.79 Å². The van der Waals surface area contributed by atoms with Gasteiger partial charge in [0.25, 0.3) is 0 Å². The predicted molar refractivity (Wildman–Crippen MR) is 77.2 cm³/mol. The molecule has 2 aromatic rings. The Kier molecular flexibility index (Phi) is 4.23. The van der Waals surface area contributed by atoms with Crippen LogP contribution in [0.3, 0.4) is 0 Å². The Labute approximate surface area is 118 Å². The Morgan fingerprint density at radius 1 is 1.21 bits per heavy atom. The predicted octanol–water partition coefficient (Wildman–Crippen LogP) is 4.08. The molecule has 0 spiro atoms. The highest BCUT2D eigenvalue weighted by Crippen LogP contribution is 2.19. The van der Waals surface area contributed by atoms with Crippen LogP contribution in [-0.4, -0.2) is 12.9 Å². The number of rotatable bonds is 4. The van der Waals surface area contributed by atoms with Crippen LogP contribution >= 0.6 is 11.6 Å². The quantitative estimate of drug-likeness (QED) is 0.785. The van der Waals surface area contributed by atoms with Crippen molar-refractivity contribution in [2.24, 2.45) is 0 Å². The van der Waals surface area contributed by atoms with Gasteiger partial charge in [-0.2, -0.15) is 0 Å². The van der Waals surface area contributed by atoms with Crippen LogP contribution in [0.25, 0.3) is 0 Å². The van der Waals surface area contributed by atoms with Crippen molar-refractivity contribution in [3.05, 3.63) is 64.2 Å². The molecule has 0 atom stereocenters. The summed E-state index contributed by atoms with van der Waals surface area (Å²) in [6, 6.07) is 12.9. The van der Waals surface area contributed by atoms with Crippen molar-refractivity contribution in [1.82, 2.24) is 0 Å². The molecule has 0 N–H and O–H groups in total. The maximum atomic E-state index is 12.2. The first-order valence-electron chi connectivity index (χ1n) is 6.02. The van der Waals surface area contributed by atoms with Crippen LogP contribution in [-0.2, 0) is 6.42 Å². The molecular weight excluding hydrogens is 260 g/mol. The first-order chi connectivity index (χ1) is 9.10. The van der Waals surface area contributed by atoms with Gasteiger partial charge in [0.05, 0.1) is 7.11 Å². The van der Waals surface area contributed by atoms with E-state index in [1.807, 2.05) is 37.3 Å². The summed E-state index contributed by atoms with van der Waals surface area (Å²) in [7, 11) is 1.61. The van der Waals surface area contributed by atoms with Gasteiger partial charge >= 0.3 is 0 Å². The topological polar surface area (TPSA) is 26.3 Å². The Bertz CT molecular complexity index is 605. The van der Waals surface area contributed by atoms with Gasteiger partial charge in [0.2, 0.25) is 0 Å². The number of halogens is 1. The Balaban J connectivity index is 2.18. The fourth-order valence-electron chi connectivity index (χ4n) is 1.89. The lowest BCUT2D eigenvalue weighted by atomic mass is 10.0. The first kappa shape index (κ1) is 13.6. The SMILES string of the molecule is COc1cccc(CC(=O)c2ccc(Cl)c(C)c2)c1. The second-order valence-electron chi connectivity index (χ2n) is 4.42. The summed E-state index contributed by atoms with van der Waals surface area (Å²) in [5.41, 5.74) is 2.54. The van der Waals surface area contributed by atoms with Crippen molar-refractivity contribution >= 4 is 17.4 Å². The van der Waals surface area contributed by atoms with Crippen LogP contribution in [0.1, 0.15) is 21.5 Å². The molecule has 0 aromatic heterocycles. The number of hydrogen-bond donors (Lipinski definition) is 0. The third kappa shape index (κ3) is 3.36.